The van der Waals surface area contributed by atoms with Crippen molar-refractivity contribution >= 4 is 5.97 Å². The van der Waals surface area contributed by atoms with Gasteiger partial charge in [0.2, 0.25) is 0 Å². The first-order valence-electron chi connectivity index (χ1n) is 6.54. The summed E-state index contributed by atoms with van der Waals surface area (Å²) in [6, 6.07) is 3.59. The van der Waals surface area contributed by atoms with Gasteiger partial charge in [0.1, 0.15) is 18.2 Å². The van der Waals surface area contributed by atoms with Crippen molar-refractivity contribution in [1.29, 1.82) is 0 Å². The number of benzene rings is 1. The second-order valence-corrected chi connectivity index (χ2v) is 4.92. The van der Waals surface area contributed by atoms with Crippen LogP contribution in [-0.2, 0) is 16.1 Å². The maximum atomic E-state index is 13.5. The van der Waals surface area contributed by atoms with Crippen LogP contribution in [0.5, 0.6) is 0 Å². The van der Waals surface area contributed by atoms with Crippen molar-refractivity contribution in [1.82, 2.24) is 4.90 Å². The van der Waals surface area contributed by atoms with Crippen LogP contribution >= 0.6 is 0 Å². The smallest absolute Gasteiger partial charge is 0.329 e. The Labute approximate surface area is 116 Å². The zero-order chi connectivity index (χ0) is 14.5. The van der Waals surface area contributed by atoms with E-state index in [9.17, 15) is 13.6 Å². The number of likely N-dealkylation sites (tertiary alicyclic amines) is 1. The van der Waals surface area contributed by atoms with Gasteiger partial charge in [-0.25, -0.2) is 13.6 Å². The highest BCUT2D eigenvalue weighted by atomic mass is 19.1. The molecule has 20 heavy (non-hydrogen) atoms. The molecule has 2 rings (SSSR count). The van der Waals surface area contributed by atoms with Gasteiger partial charge < -0.3 is 9.84 Å². The van der Waals surface area contributed by atoms with Crippen molar-refractivity contribution in [3.63, 3.8) is 0 Å². The third-order valence-electron chi connectivity index (χ3n) is 3.39. The van der Waals surface area contributed by atoms with Gasteiger partial charge in [0, 0.05) is 31.3 Å². The van der Waals surface area contributed by atoms with Crippen molar-refractivity contribution in [3.05, 3.63) is 35.4 Å². The summed E-state index contributed by atoms with van der Waals surface area (Å²) >= 11 is 0. The van der Waals surface area contributed by atoms with Crippen LogP contribution in [0.1, 0.15) is 18.4 Å². The van der Waals surface area contributed by atoms with E-state index >= 15 is 0 Å². The molecule has 1 aromatic rings. The molecule has 1 fully saturated rings. The zero-order valence-electron chi connectivity index (χ0n) is 11.0. The largest absolute Gasteiger partial charge is 0.480 e. The molecule has 1 aromatic carbocycles. The van der Waals surface area contributed by atoms with E-state index in [0.29, 0.717) is 25.2 Å². The van der Waals surface area contributed by atoms with E-state index in [4.69, 9.17) is 9.84 Å². The van der Waals surface area contributed by atoms with Crippen LogP contribution in [0.3, 0.4) is 0 Å². The predicted octanol–water partition coefficient (Wildman–Crippen LogP) is 2.03. The third kappa shape index (κ3) is 4.25. The molecule has 0 saturated carbocycles. The summed E-state index contributed by atoms with van der Waals surface area (Å²) < 4.78 is 31.6. The SMILES string of the molecule is O=C(O)COC1CCN(Cc2ccc(F)cc2F)CC1. The van der Waals surface area contributed by atoms with Gasteiger partial charge in [0.05, 0.1) is 6.10 Å². The number of halogens is 2. The maximum absolute atomic E-state index is 13.5. The van der Waals surface area contributed by atoms with Gasteiger partial charge in [0.25, 0.3) is 0 Å². The predicted molar refractivity (Wildman–Crippen MR) is 68.2 cm³/mol. The number of aliphatic carboxylic acids is 1. The van der Waals surface area contributed by atoms with Gasteiger partial charge in [0.15, 0.2) is 0 Å². The average Bonchev–Trinajstić information content (AvgIpc) is 2.41. The van der Waals surface area contributed by atoms with Crippen LogP contribution in [0.4, 0.5) is 8.78 Å². The Morgan fingerprint density at radius 1 is 1.35 bits per heavy atom. The number of carboxylic acid groups (broad SMARTS) is 1. The molecule has 0 aliphatic carbocycles. The summed E-state index contributed by atoms with van der Waals surface area (Å²) in [5.74, 6) is -2.08. The Morgan fingerprint density at radius 3 is 2.65 bits per heavy atom. The maximum Gasteiger partial charge on any atom is 0.329 e. The highest BCUT2D eigenvalue weighted by molar-refractivity contribution is 5.68. The van der Waals surface area contributed by atoms with Crippen LogP contribution in [-0.4, -0.2) is 41.8 Å². The molecule has 1 aliphatic heterocycles. The molecule has 110 valence electrons. The van der Waals surface area contributed by atoms with Crippen LogP contribution in [0.25, 0.3) is 0 Å². The number of ether oxygens (including phenoxy) is 1. The molecule has 0 atom stereocenters. The summed E-state index contributed by atoms with van der Waals surface area (Å²) in [5.41, 5.74) is 0.469. The summed E-state index contributed by atoms with van der Waals surface area (Å²) in [5, 5.41) is 8.54. The summed E-state index contributed by atoms with van der Waals surface area (Å²) in [7, 11) is 0. The molecule has 0 radical (unpaired) electrons. The van der Waals surface area contributed by atoms with Crippen LogP contribution in [0.15, 0.2) is 18.2 Å². The van der Waals surface area contributed by atoms with Gasteiger partial charge in [-0.3, -0.25) is 4.90 Å². The number of carbonyl (C=O) groups is 1. The lowest BCUT2D eigenvalue weighted by molar-refractivity contribution is -0.145. The first kappa shape index (κ1) is 14.9. The quantitative estimate of drug-likeness (QED) is 0.899. The molecule has 1 N–H and O–H groups in total. The molecule has 1 aliphatic rings. The van der Waals surface area contributed by atoms with Gasteiger partial charge in [-0.15, -0.1) is 0 Å². The highest BCUT2D eigenvalue weighted by Crippen LogP contribution is 2.18. The van der Waals surface area contributed by atoms with Gasteiger partial charge >= 0.3 is 5.97 Å². The number of hydrogen-bond acceptors (Lipinski definition) is 3. The number of hydrogen-bond donors (Lipinski definition) is 1. The number of rotatable bonds is 5. The van der Waals surface area contributed by atoms with E-state index in [2.05, 4.69) is 4.90 Å². The topological polar surface area (TPSA) is 49.8 Å². The first-order valence-corrected chi connectivity index (χ1v) is 6.54. The van der Waals surface area contributed by atoms with E-state index < -0.39 is 17.6 Å². The van der Waals surface area contributed by atoms with Crippen molar-refractivity contribution in [2.45, 2.75) is 25.5 Å². The molecule has 0 aromatic heterocycles. The molecule has 0 bridgehead atoms. The fourth-order valence-electron chi connectivity index (χ4n) is 2.31. The molecular formula is C14H17F2NO3. The fraction of sp³-hybridized carbons (Fsp3) is 0.500. The molecule has 0 amide bonds. The Hall–Kier alpha value is -1.53. The van der Waals surface area contributed by atoms with Crippen LogP contribution in [0, 0.1) is 11.6 Å². The Kier molecular flexibility index (Phi) is 5.03. The first-order chi connectivity index (χ1) is 9.54. The van der Waals surface area contributed by atoms with E-state index in [1.165, 1.54) is 12.1 Å². The number of piperidine rings is 1. The lowest BCUT2D eigenvalue weighted by atomic mass is 10.1. The minimum Gasteiger partial charge on any atom is -0.480 e. The van der Waals surface area contributed by atoms with Gasteiger partial charge in [-0.1, -0.05) is 6.07 Å². The monoisotopic (exact) mass is 285 g/mol. The fourth-order valence-corrected chi connectivity index (χ4v) is 2.31. The molecule has 1 heterocycles. The summed E-state index contributed by atoms with van der Waals surface area (Å²) in [4.78, 5) is 12.5. The summed E-state index contributed by atoms with van der Waals surface area (Å²) in [6.45, 7) is 1.57. The Balaban J connectivity index is 1.80. The number of nitrogens with zero attached hydrogens (tertiary/aromatic N) is 1. The van der Waals surface area contributed by atoms with Crippen molar-refractivity contribution in [2.24, 2.45) is 0 Å². The average molecular weight is 285 g/mol. The minimum atomic E-state index is -0.971. The zero-order valence-corrected chi connectivity index (χ0v) is 11.0. The van der Waals surface area contributed by atoms with Crippen molar-refractivity contribution in [2.75, 3.05) is 19.7 Å². The Morgan fingerprint density at radius 2 is 2.05 bits per heavy atom. The van der Waals surface area contributed by atoms with E-state index in [-0.39, 0.29) is 12.7 Å². The van der Waals surface area contributed by atoms with Crippen molar-refractivity contribution < 1.29 is 23.4 Å². The van der Waals surface area contributed by atoms with Crippen molar-refractivity contribution in [3.8, 4) is 0 Å². The third-order valence-corrected chi connectivity index (χ3v) is 3.39. The molecule has 6 heteroatoms. The Bertz CT molecular complexity index is 473. The van der Waals surface area contributed by atoms with Crippen LogP contribution < -0.4 is 0 Å². The lowest BCUT2D eigenvalue weighted by Gasteiger charge is -2.31. The second-order valence-electron chi connectivity index (χ2n) is 4.92. The molecular weight excluding hydrogens is 268 g/mol. The van der Waals surface area contributed by atoms with E-state index in [0.717, 1.165) is 18.9 Å². The molecule has 4 nitrogen and oxygen atoms in total. The molecule has 0 unspecified atom stereocenters. The lowest BCUT2D eigenvalue weighted by Crippen LogP contribution is -2.37. The van der Waals surface area contributed by atoms with Gasteiger partial charge in [-0.05, 0) is 18.9 Å². The molecule has 0 spiro atoms. The normalized spacial score (nSPS) is 17.3. The standard InChI is InChI=1S/C14H17F2NO3/c15-11-2-1-10(13(16)7-11)8-17-5-3-12(4-6-17)20-9-14(18)19/h1-2,7,12H,3-6,8-9H2,(H,18,19). The second kappa shape index (κ2) is 6.76. The summed E-state index contributed by atoms with van der Waals surface area (Å²) in [6.07, 6.45) is 1.38. The van der Waals surface area contributed by atoms with E-state index in [1.54, 1.807) is 0 Å². The van der Waals surface area contributed by atoms with Crippen LogP contribution in [0.2, 0.25) is 0 Å². The van der Waals surface area contributed by atoms with Gasteiger partial charge in [-0.2, -0.15) is 0 Å². The molecule has 1 saturated heterocycles. The minimum absolute atomic E-state index is 0.0552. The van der Waals surface area contributed by atoms with E-state index in [1.807, 2.05) is 0 Å². The highest BCUT2D eigenvalue weighted by Gasteiger charge is 2.21. The number of carboxylic acids is 1.